The van der Waals surface area contributed by atoms with E-state index in [9.17, 15) is 10.1 Å². The molecule has 0 aliphatic carbocycles. The topological polar surface area (TPSA) is 65.5 Å². The SMILES string of the molecule is CC(C)Oc1cccc2cc([N+](=O)[O-])oc12. The Bertz CT molecular complexity index is 530. The summed E-state index contributed by atoms with van der Waals surface area (Å²) in [6.07, 6.45) is -0.00486. The molecule has 0 spiro atoms. The van der Waals surface area contributed by atoms with Gasteiger partial charge < -0.3 is 9.15 Å². The molecule has 1 aromatic carbocycles. The van der Waals surface area contributed by atoms with E-state index >= 15 is 0 Å². The number of ether oxygens (including phenoxy) is 1. The van der Waals surface area contributed by atoms with Crippen LogP contribution in [0.1, 0.15) is 13.8 Å². The van der Waals surface area contributed by atoms with E-state index in [1.54, 1.807) is 18.2 Å². The second-order valence-electron chi connectivity index (χ2n) is 3.68. The van der Waals surface area contributed by atoms with Gasteiger partial charge in [-0.3, -0.25) is 10.1 Å². The zero-order valence-corrected chi connectivity index (χ0v) is 8.97. The third-order valence-corrected chi connectivity index (χ3v) is 2.04. The van der Waals surface area contributed by atoms with Crippen LogP contribution in [0.2, 0.25) is 0 Å². The van der Waals surface area contributed by atoms with Crippen LogP contribution in [0.4, 0.5) is 5.88 Å². The number of hydrogen-bond acceptors (Lipinski definition) is 4. The fourth-order valence-corrected chi connectivity index (χ4v) is 1.46. The molecule has 1 heterocycles. The first-order valence-electron chi connectivity index (χ1n) is 4.91. The molecule has 0 radical (unpaired) electrons. The number of furan rings is 1. The standard InChI is InChI=1S/C11H11NO4/c1-7(2)15-9-5-3-4-8-6-10(12(13)14)16-11(8)9/h3-7H,1-2H3. The van der Waals surface area contributed by atoms with Gasteiger partial charge in [0, 0.05) is 5.39 Å². The van der Waals surface area contributed by atoms with Gasteiger partial charge in [-0.1, -0.05) is 12.1 Å². The number of hydrogen-bond donors (Lipinski definition) is 0. The Morgan fingerprint density at radius 1 is 1.44 bits per heavy atom. The molecule has 0 amide bonds. The summed E-state index contributed by atoms with van der Waals surface area (Å²) in [5.41, 5.74) is 0.419. The Kier molecular flexibility index (Phi) is 2.52. The van der Waals surface area contributed by atoms with Crippen LogP contribution in [0.15, 0.2) is 28.7 Å². The highest BCUT2D eigenvalue weighted by Gasteiger charge is 2.16. The highest BCUT2D eigenvalue weighted by Crippen LogP contribution is 2.32. The summed E-state index contributed by atoms with van der Waals surface area (Å²) in [7, 11) is 0. The van der Waals surface area contributed by atoms with Crippen LogP contribution in [-0.2, 0) is 0 Å². The van der Waals surface area contributed by atoms with Crippen LogP contribution < -0.4 is 4.74 Å². The van der Waals surface area contributed by atoms with Crippen LogP contribution in [0, 0.1) is 10.1 Å². The molecule has 16 heavy (non-hydrogen) atoms. The smallest absolute Gasteiger partial charge is 0.434 e. The van der Waals surface area contributed by atoms with Gasteiger partial charge in [0.25, 0.3) is 0 Å². The van der Waals surface area contributed by atoms with Crippen molar-refractivity contribution in [2.45, 2.75) is 20.0 Å². The van der Waals surface area contributed by atoms with Crippen molar-refractivity contribution in [3.05, 3.63) is 34.4 Å². The van der Waals surface area contributed by atoms with E-state index in [1.165, 1.54) is 6.07 Å². The van der Waals surface area contributed by atoms with E-state index in [1.807, 2.05) is 13.8 Å². The van der Waals surface area contributed by atoms with Crippen LogP contribution in [0.25, 0.3) is 11.0 Å². The minimum Gasteiger partial charge on any atom is -0.487 e. The lowest BCUT2D eigenvalue weighted by atomic mass is 10.2. The minimum absolute atomic E-state index is 0.00486. The molecule has 2 aromatic rings. The van der Waals surface area contributed by atoms with Crippen molar-refractivity contribution in [2.24, 2.45) is 0 Å². The molecule has 0 bridgehead atoms. The molecule has 0 fully saturated rings. The molecule has 0 saturated carbocycles. The summed E-state index contributed by atoms with van der Waals surface area (Å²) in [5, 5.41) is 11.2. The third kappa shape index (κ3) is 1.84. The van der Waals surface area contributed by atoms with Crippen molar-refractivity contribution in [3.63, 3.8) is 0 Å². The predicted octanol–water partition coefficient (Wildman–Crippen LogP) is 3.13. The van der Waals surface area contributed by atoms with Crippen molar-refractivity contribution in [3.8, 4) is 5.75 Å². The van der Waals surface area contributed by atoms with E-state index < -0.39 is 4.92 Å². The van der Waals surface area contributed by atoms with Gasteiger partial charge in [0.15, 0.2) is 11.3 Å². The van der Waals surface area contributed by atoms with Gasteiger partial charge in [0.2, 0.25) is 0 Å². The van der Waals surface area contributed by atoms with E-state index in [0.717, 1.165) is 0 Å². The summed E-state index contributed by atoms with van der Waals surface area (Å²) < 4.78 is 10.6. The summed E-state index contributed by atoms with van der Waals surface area (Å²) in [6.45, 7) is 3.77. The predicted molar refractivity (Wildman–Crippen MR) is 58.6 cm³/mol. The molecule has 0 unspecified atom stereocenters. The first kappa shape index (κ1) is 10.5. The van der Waals surface area contributed by atoms with Crippen molar-refractivity contribution in [1.29, 1.82) is 0 Å². The van der Waals surface area contributed by atoms with Crippen LogP contribution in [0.5, 0.6) is 5.75 Å². The van der Waals surface area contributed by atoms with Crippen molar-refractivity contribution < 1.29 is 14.1 Å². The molecular weight excluding hydrogens is 210 g/mol. The van der Waals surface area contributed by atoms with Gasteiger partial charge in [0.1, 0.15) is 4.92 Å². The second kappa shape index (κ2) is 3.84. The first-order chi connectivity index (χ1) is 7.58. The second-order valence-corrected chi connectivity index (χ2v) is 3.68. The third-order valence-electron chi connectivity index (χ3n) is 2.04. The Labute approximate surface area is 91.8 Å². The summed E-state index contributed by atoms with van der Waals surface area (Å²) in [5.74, 6) is 0.260. The molecule has 0 aliphatic rings. The fraction of sp³-hybridized carbons (Fsp3) is 0.273. The van der Waals surface area contributed by atoms with E-state index in [2.05, 4.69) is 0 Å². The van der Waals surface area contributed by atoms with Crippen molar-refractivity contribution in [1.82, 2.24) is 0 Å². The Hall–Kier alpha value is -2.04. The summed E-state index contributed by atoms with van der Waals surface area (Å²) >= 11 is 0. The Balaban J connectivity index is 2.54. The van der Waals surface area contributed by atoms with Gasteiger partial charge in [-0.25, -0.2) is 0 Å². The van der Waals surface area contributed by atoms with Crippen LogP contribution >= 0.6 is 0 Å². The maximum absolute atomic E-state index is 10.6. The largest absolute Gasteiger partial charge is 0.487 e. The Morgan fingerprint density at radius 3 is 2.81 bits per heavy atom. The van der Waals surface area contributed by atoms with Gasteiger partial charge in [-0.05, 0) is 19.9 Å². The fourth-order valence-electron chi connectivity index (χ4n) is 1.46. The lowest BCUT2D eigenvalue weighted by Gasteiger charge is -2.08. The highest BCUT2D eigenvalue weighted by atomic mass is 16.6. The number of benzene rings is 1. The monoisotopic (exact) mass is 221 g/mol. The number of nitro groups is 1. The first-order valence-corrected chi connectivity index (χ1v) is 4.91. The number of nitrogens with zero attached hydrogens (tertiary/aromatic N) is 1. The molecule has 5 nitrogen and oxygen atoms in total. The van der Waals surface area contributed by atoms with Crippen molar-refractivity contribution >= 4 is 16.9 Å². The van der Waals surface area contributed by atoms with E-state index in [-0.39, 0.29) is 12.0 Å². The van der Waals surface area contributed by atoms with E-state index in [0.29, 0.717) is 16.7 Å². The zero-order chi connectivity index (χ0) is 11.7. The van der Waals surface area contributed by atoms with Gasteiger partial charge in [-0.15, -0.1) is 0 Å². The molecule has 5 heteroatoms. The quantitative estimate of drug-likeness (QED) is 0.590. The van der Waals surface area contributed by atoms with Crippen LogP contribution in [0.3, 0.4) is 0 Å². The maximum Gasteiger partial charge on any atom is 0.434 e. The lowest BCUT2D eigenvalue weighted by Crippen LogP contribution is -2.05. The number of fused-ring (bicyclic) bond motifs is 1. The number of para-hydroxylation sites is 1. The van der Waals surface area contributed by atoms with E-state index in [4.69, 9.17) is 9.15 Å². The molecule has 0 N–H and O–H groups in total. The highest BCUT2D eigenvalue weighted by molar-refractivity contribution is 5.85. The average molecular weight is 221 g/mol. The van der Waals surface area contributed by atoms with Crippen LogP contribution in [-0.4, -0.2) is 11.0 Å². The zero-order valence-electron chi connectivity index (χ0n) is 8.97. The normalized spacial score (nSPS) is 10.9. The summed E-state index contributed by atoms with van der Waals surface area (Å²) in [6, 6.07) is 6.65. The number of rotatable bonds is 3. The van der Waals surface area contributed by atoms with Gasteiger partial charge in [0.05, 0.1) is 12.2 Å². The molecule has 0 saturated heterocycles. The molecule has 2 rings (SSSR count). The molecular formula is C11H11NO4. The van der Waals surface area contributed by atoms with Gasteiger partial charge in [-0.2, -0.15) is 0 Å². The molecule has 0 atom stereocenters. The van der Waals surface area contributed by atoms with Crippen molar-refractivity contribution in [2.75, 3.05) is 0 Å². The van der Waals surface area contributed by atoms with Gasteiger partial charge >= 0.3 is 5.88 Å². The summed E-state index contributed by atoms with van der Waals surface area (Å²) in [4.78, 5) is 10.0. The Morgan fingerprint density at radius 2 is 2.19 bits per heavy atom. The molecule has 84 valence electrons. The molecule has 0 aliphatic heterocycles. The lowest BCUT2D eigenvalue weighted by molar-refractivity contribution is -0.401. The minimum atomic E-state index is -0.556. The molecule has 1 aromatic heterocycles. The average Bonchev–Trinajstić information content (AvgIpc) is 2.61. The maximum atomic E-state index is 10.6.